The first-order valence-electron chi connectivity index (χ1n) is 8.75. The zero-order valence-corrected chi connectivity index (χ0v) is 14.2. The monoisotopic (exact) mass is 335 g/mol. The fourth-order valence-corrected chi connectivity index (χ4v) is 3.73. The summed E-state index contributed by atoms with van der Waals surface area (Å²) in [6.45, 7) is 5.80. The molecule has 6 heteroatoms. The number of morpholine rings is 1. The van der Waals surface area contributed by atoms with Crippen molar-refractivity contribution in [3.63, 3.8) is 0 Å². The van der Waals surface area contributed by atoms with Gasteiger partial charge in [-0.15, -0.1) is 0 Å². The number of likely N-dealkylation sites (tertiary alicyclic amines) is 1. The number of anilines is 1. The van der Waals surface area contributed by atoms with Gasteiger partial charge in [-0.1, -0.05) is 6.92 Å². The molecule has 2 fully saturated rings. The van der Waals surface area contributed by atoms with E-state index in [4.69, 9.17) is 10.5 Å². The van der Waals surface area contributed by atoms with Gasteiger partial charge in [-0.25, -0.2) is 4.39 Å². The topological polar surface area (TPSA) is 58.8 Å². The Labute approximate surface area is 142 Å². The van der Waals surface area contributed by atoms with Gasteiger partial charge in [-0.2, -0.15) is 0 Å². The quantitative estimate of drug-likeness (QED) is 0.916. The number of nitrogens with zero attached hydrogens (tertiary/aromatic N) is 2. The Kier molecular flexibility index (Phi) is 5.36. The number of carbonyl (C=O) groups is 1. The average Bonchev–Trinajstić information content (AvgIpc) is 2.61. The van der Waals surface area contributed by atoms with Crippen LogP contribution < -0.4 is 10.6 Å². The van der Waals surface area contributed by atoms with Crippen LogP contribution in [0.3, 0.4) is 0 Å². The second-order valence-corrected chi connectivity index (χ2v) is 6.69. The van der Waals surface area contributed by atoms with Gasteiger partial charge in [-0.05, 0) is 37.0 Å². The Balaban J connectivity index is 1.78. The maximum absolute atomic E-state index is 14.5. The molecule has 2 aliphatic rings. The summed E-state index contributed by atoms with van der Waals surface area (Å²) >= 11 is 0. The van der Waals surface area contributed by atoms with Crippen molar-refractivity contribution in [3.05, 3.63) is 29.6 Å². The molecule has 1 aromatic carbocycles. The standard InChI is InChI=1S/C18H26FN3O2/c1-13-3-2-6-22(17(13)12-20)18(23)14-4-5-16(15(19)11-14)21-7-9-24-10-8-21/h4-5,11,13,17H,2-3,6-10,12,20H2,1H3/t13-,17-/m1/s1. The van der Waals surface area contributed by atoms with Gasteiger partial charge >= 0.3 is 0 Å². The van der Waals surface area contributed by atoms with Gasteiger partial charge < -0.3 is 20.3 Å². The minimum Gasteiger partial charge on any atom is -0.378 e. The van der Waals surface area contributed by atoms with Crippen molar-refractivity contribution in [1.29, 1.82) is 0 Å². The molecule has 5 nitrogen and oxygen atoms in total. The number of hydrogen-bond acceptors (Lipinski definition) is 4. The van der Waals surface area contributed by atoms with Crippen LogP contribution in [0.25, 0.3) is 0 Å². The minimum absolute atomic E-state index is 0.0354. The summed E-state index contributed by atoms with van der Waals surface area (Å²) in [4.78, 5) is 16.6. The Hall–Kier alpha value is -1.66. The van der Waals surface area contributed by atoms with Crippen molar-refractivity contribution in [2.75, 3.05) is 44.3 Å². The molecule has 0 bridgehead atoms. The number of amides is 1. The van der Waals surface area contributed by atoms with Gasteiger partial charge in [0.15, 0.2) is 0 Å². The molecule has 2 N–H and O–H groups in total. The van der Waals surface area contributed by atoms with Crippen LogP contribution in [0.1, 0.15) is 30.1 Å². The summed E-state index contributed by atoms with van der Waals surface area (Å²) in [5, 5.41) is 0. The van der Waals surface area contributed by atoms with Crippen molar-refractivity contribution in [2.24, 2.45) is 11.7 Å². The highest BCUT2D eigenvalue weighted by Gasteiger charge is 2.31. The first-order valence-corrected chi connectivity index (χ1v) is 8.75. The van der Waals surface area contributed by atoms with Crippen LogP contribution in [0.4, 0.5) is 10.1 Å². The molecule has 0 aliphatic carbocycles. The number of hydrogen-bond donors (Lipinski definition) is 1. The Bertz CT molecular complexity index is 590. The van der Waals surface area contributed by atoms with E-state index >= 15 is 0 Å². The van der Waals surface area contributed by atoms with Crippen LogP contribution in [-0.2, 0) is 4.74 Å². The summed E-state index contributed by atoms with van der Waals surface area (Å²) in [6.07, 6.45) is 2.05. The van der Waals surface area contributed by atoms with Crippen LogP contribution in [0.5, 0.6) is 0 Å². The molecular weight excluding hydrogens is 309 g/mol. The predicted octanol–water partition coefficient (Wildman–Crippen LogP) is 1.86. The normalized spacial score (nSPS) is 25.0. The molecule has 0 aromatic heterocycles. The SMILES string of the molecule is C[C@@H]1CCCN(C(=O)c2ccc(N3CCOCC3)c(F)c2)[C@@H]1CN. The lowest BCUT2D eigenvalue weighted by Gasteiger charge is -2.39. The van der Waals surface area contributed by atoms with E-state index in [1.165, 1.54) is 6.07 Å². The third kappa shape index (κ3) is 3.39. The molecule has 2 saturated heterocycles. The molecule has 2 aliphatic heterocycles. The summed E-state index contributed by atoms with van der Waals surface area (Å²) in [6, 6.07) is 4.83. The van der Waals surface area contributed by atoms with E-state index in [1.54, 1.807) is 12.1 Å². The fourth-order valence-electron chi connectivity index (χ4n) is 3.73. The molecule has 0 unspecified atom stereocenters. The first kappa shape index (κ1) is 17.2. The Morgan fingerprint density at radius 1 is 1.33 bits per heavy atom. The number of ether oxygens (including phenoxy) is 1. The lowest BCUT2D eigenvalue weighted by molar-refractivity contribution is 0.0532. The number of halogens is 1. The highest BCUT2D eigenvalue weighted by molar-refractivity contribution is 5.95. The number of carbonyl (C=O) groups excluding carboxylic acids is 1. The third-order valence-corrected chi connectivity index (χ3v) is 5.16. The minimum atomic E-state index is -0.350. The van der Waals surface area contributed by atoms with Gasteiger partial charge in [0, 0.05) is 37.8 Å². The fraction of sp³-hybridized carbons (Fsp3) is 0.611. The molecule has 0 saturated carbocycles. The summed E-state index contributed by atoms with van der Waals surface area (Å²) in [7, 11) is 0. The van der Waals surface area contributed by atoms with E-state index in [1.807, 2.05) is 9.80 Å². The lowest BCUT2D eigenvalue weighted by Crippen LogP contribution is -2.51. The molecule has 1 amide bonds. The third-order valence-electron chi connectivity index (χ3n) is 5.16. The summed E-state index contributed by atoms with van der Waals surface area (Å²) in [5.74, 6) is -0.0910. The van der Waals surface area contributed by atoms with E-state index in [0.29, 0.717) is 56.6 Å². The number of nitrogens with two attached hydrogens (primary N) is 1. The maximum Gasteiger partial charge on any atom is 0.254 e. The predicted molar refractivity (Wildman–Crippen MR) is 91.7 cm³/mol. The summed E-state index contributed by atoms with van der Waals surface area (Å²) in [5.41, 5.74) is 6.80. The first-order chi connectivity index (χ1) is 11.6. The van der Waals surface area contributed by atoms with Crippen molar-refractivity contribution >= 4 is 11.6 Å². The van der Waals surface area contributed by atoms with E-state index in [2.05, 4.69) is 6.92 Å². The second-order valence-electron chi connectivity index (χ2n) is 6.69. The van der Waals surface area contributed by atoms with E-state index < -0.39 is 0 Å². The lowest BCUT2D eigenvalue weighted by atomic mass is 9.90. The van der Waals surface area contributed by atoms with Gasteiger partial charge in [0.1, 0.15) is 5.82 Å². The van der Waals surface area contributed by atoms with Gasteiger partial charge in [0.2, 0.25) is 0 Å². The van der Waals surface area contributed by atoms with Crippen LogP contribution in [0.15, 0.2) is 18.2 Å². The molecule has 0 radical (unpaired) electrons. The van der Waals surface area contributed by atoms with Crippen molar-refractivity contribution in [3.8, 4) is 0 Å². The highest BCUT2D eigenvalue weighted by atomic mass is 19.1. The molecule has 0 spiro atoms. The highest BCUT2D eigenvalue weighted by Crippen LogP contribution is 2.26. The number of benzene rings is 1. The van der Waals surface area contributed by atoms with Crippen molar-refractivity contribution < 1.29 is 13.9 Å². The smallest absolute Gasteiger partial charge is 0.254 e. The molecule has 3 rings (SSSR count). The number of rotatable bonds is 3. The van der Waals surface area contributed by atoms with Crippen LogP contribution >= 0.6 is 0 Å². The van der Waals surface area contributed by atoms with E-state index in [0.717, 1.165) is 12.8 Å². The van der Waals surface area contributed by atoms with Crippen LogP contribution in [0, 0.1) is 11.7 Å². The number of piperidine rings is 1. The largest absolute Gasteiger partial charge is 0.378 e. The molecular formula is C18H26FN3O2. The van der Waals surface area contributed by atoms with E-state index in [9.17, 15) is 9.18 Å². The molecule has 132 valence electrons. The molecule has 2 heterocycles. The van der Waals surface area contributed by atoms with Crippen molar-refractivity contribution in [2.45, 2.75) is 25.8 Å². The van der Waals surface area contributed by atoms with Crippen LogP contribution in [-0.4, -0.2) is 56.2 Å². The summed E-state index contributed by atoms with van der Waals surface area (Å²) < 4.78 is 19.8. The molecule has 1 aromatic rings. The maximum atomic E-state index is 14.5. The van der Waals surface area contributed by atoms with Crippen molar-refractivity contribution in [1.82, 2.24) is 4.90 Å². The van der Waals surface area contributed by atoms with Gasteiger partial charge in [0.25, 0.3) is 5.91 Å². The molecule has 24 heavy (non-hydrogen) atoms. The van der Waals surface area contributed by atoms with E-state index in [-0.39, 0.29) is 17.8 Å². The average molecular weight is 335 g/mol. The van der Waals surface area contributed by atoms with Gasteiger partial charge in [0.05, 0.1) is 18.9 Å². The Morgan fingerprint density at radius 3 is 2.75 bits per heavy atom. The Morgan fingerprint density at radius 2 is 2.08 bits per heavy atom. The molecule has 2 atom stereocenters. The van der Waals surface area contributed by atoms with Gasteiger partial charge in [-0.3, -0.25) is 4.79 Å². The zero-order chi connectivity index (χ0) is 17.1. The zero-order valence-electron chi connectivity index (χ0n) is 14.2. The van der Waals surface area contributed by atoms with Crippen LogP contribution in [0.2, 0.25) is 0 Å². The second kappa shape index (κ2) is 7.49.